The van der Waals surface area contributed by atoms with Gasteiger partial charge in [-0.15, -0.1) is 0 Å². The Labute approximate surface area is 164 Å². The van der Waals surface area contributed by atoms with Gasteiger partial charge in [0.25, 0.3) is 0 Å². The first-order chi connectivity index (χ1) is 13.7. The number of pyridine rings is 1. The highest BCUT2D eigenvalue weighted by atomic mass is 16.5. The maximum atomic E-state index is 13.1. The zero-order valence-electron chi connectivity index (χ0n) is 15.7. The molecule has 2 N–H and O–H groups in total. The van der Waals surface area contributed by atoms with Crippen LogP contribution < -0.4 is 15.4 Å². The number of benzene rings is 1. The molecule has 1 aromatic heterocycles. The molecular weight excluding hydrogens is 354 g/mol. The summed E-state index contributed by atoms with van der Waals surface area (Å²) in [6, 6.07) is 11.1. The van der Waals surface area contributed by atoms with Gasteiger partial charge in [0.2, 0.25) is 11.8 Å². The number of methoxy groups -OCH3 is 1. The Balaban J connectivity index is 1.48. The summed E-state index contributed by atoms with van der Waals surface area (Å²) >= 11 is 0. The minimum atomic E-state index is -0.381. The van der Waals surface area contributed by atoms with Gasteiger partial charge in [0.15, 0.2) is 0 Å². The smallest absolute Gasteiger partial charge is 0.229 e. The van der Waals surface area contributed by atoms with Crippen molar-refractivity contribution in [3.8, 4) is 5.75 Å². The van der Waals surface area contributed by atoms with Crippen LogP contribution in [0, 0.1) is 23.7 Å². The molecule has 2 aliphatic rings. The van der Waals surface area contributed by atoms with Crippen LogP contribution in [0.4, 0.5) is 5.69 Å². The monoisotopic (exact) mass is 377 g/mol. The largest absolute Gasteiger partial charge is 0.495 e. The number of fused-ring (bicyclic) bond motifs is 2. The van der Waals surface area contributed by atoms with E-state index in [1.165, 1.54) is 0 Å². The topological polar surface area (TPSA) is 80.3 Å². The zero-order valence-corrected chi connectivity index (χ0v) is 15.7. The maximum absolute atomic E-state index is 13.1. The van der Waals surface area contributed by atoms with Crippen molar-refractivity contribution >= 4 is 17.5 Å². The Kier molecular flexibility index (Phi) is 5.10. The summed E-state index contributed by atoms with van der Waals surface area (Å²) in [4.78, 5) is 30.1. The van der Waals surface area contributed by atoms with E-state index in [9.17, 15) is 9.59 Å². The second-order valence-electron chi connectivity index (χ2n) is 7.27. The van der Waals surface area contributed by atoms with Crippen LogP contribution in [0.3, 0.4) is 0 Å². The van der Waals surface area contributed by atoms with Crippen molar-refractivity contribution in [2.24, 2.45) is 23.7 Å². The molecule has 2 amide bonds. The van der Waals surface area contributed by atoms with Gasteiger partial charge in [-0.1, -0.05) is 30.4 Å². The number of para-hydroxylation sites is 2. The predicted octanol–water partition coefficient (Wildman–Crippen LogP) is 2.78. The lowest BCUT2D eigenvalue weighted by Crippen LogP contribution is -2.41. The number of nitrogens with one attached hydrogen (secondary N) is 2. The lowest BCUT2D eigenvalue weighted by Gasteiger charge is -2.26. The first-order valence-corrected chi connectivity index (χ1v) is 9.46. The summed E-state index contributed by atoms with van der Waals surface area (Å²) in [6.07, 6.45) is 8.42. The van der Waals surface area contributed by atoms with E-state index in [4.69, 9.17) is 4.74 Å². The van der Waals surface area contributed by atoms with E-state index in [0.29, 0.717) is 18.0 Å². The van der Waals surface area contributed by atoms with Crippen LogP contribution >= 0.6 is 0 Å². The lowest BCUT2D eigenvalue weighted by molar-refractivity contribution is -0.133. The molecule has 0 saturated heterocycles. The standard InChI is InChI=1S/C22H23N3O3/c1-28-18-7-3-2-6-17(18)25-22(27)20-16-9-8-15(11-16)19(20)21(26)24-13-14-5-4-10-23-12-14/h2-10,12,15-16,19-20H,11,13H2,1H3,(H,24,26)(H,25,27)/t15-,16+,19+,20-/m1/s1. The van der Waals surface area contributed by atoms with Gasteiger partial charge in [0.1, 0.15) is 5.75 Å². The quantitative estimate of drug-likeness (QED) is 0.759. The molecule has 4 rings (SSSR count). The zero-order chi connectivity index (χ0) is 19.5. The van der Waals surface area contributed by atoms with Gasteiger partial charge in [-0.2, -0.15) is 0 Å². The van der Waals surface area contributed by atoms with Crippen molar-refractivity contribution in [3.05, 3.63) is 66.5 Å². The maximum Gasteiger partial charge on any atom is 0.229 e. The van der Waals surface area contributed by atoms with Crippen LogP contribution in [0.15, 0.2) is 60.9 Å². The highest BCUT2D eigenvalue weighted by molar-refractivity contribution is 5.98. The number of amides is 2. The number of rotatable bonds is 6. The lowest BCUT2D eigenvalue weighted by atomic mass is 9.81. The van der Waals surface area contributed by atoms with Crippen LogP contribution in [0.2, 0.25) is 0 Å². The van der Waals surface area contributed by atoms with E-state index in [-0.39, 0.29) is 35.5 Å². The Morgan fingerprint density at radius 2 is 1.82 bits per heavy atom. The number of carbonyl (C=O) groups excluding carboxylic acids is 2. The van der Waals surface area contributed by atoms with Crippen molar-refractivity contribution in [2.45, 2.75) is 13.0 Å². The Morgan fingerprint density at radius 1 is 1.07 bits per heavy atom. The fourth-order valence-corrected chi connectivity index (χ4v) is 4.31. The van der Waals surface area contributed by atoms with Crippen molar-refractivity contribution in [2.75, 3.05) is 12.4 Å². The molecule has 2 aliphatic carbocycles. The summed E-state index contributed by atoms with van der Waals surface area (Å²) < 4.78 is 5.32. The summed E-state index contributed by atoms with van der Waals surface area (Å²) in [6.45, 7) is 0.408. The number of allylic oxidation sites excluding steroid dienone is 2. The Morgan fingerprint density at radius 3 is 2.54 bits per heavy atom. The van der Waals surface area contributed by atoms with E-state index >= 15 is 0 Å². The van der Waals surface area contributed by atoms with Crippen molar-refractivity contribution in [1.29, 1.82) is 0 Å². The van der Waals surface area contributed by atoms with E-state index in [0.717, 1.165) is 12.0 Å². The summed E-state index contributed by atoms with van der Waals surface area (Å²) in [5.74, 6) is -0.160. The van der Waals surface area contributed by atoms with Crippen LogP contribution in [0.5, 0.6) is 5.75 Å². The van der Waals surface area contributed by atoms with Crippen LogP contribution in [0.25, 0.3) is 0 Å². The van der Waals surface area contributed by atoms with E-state index in [1.54, 1.807) is 31.6 Å². The molecule has 2 bridgehead atoms. The molecule has 1 fully saturated rings. The van der Waals surface area contributed by atoms with Crippen LogP contribution in [-0.2, 0) is 16.1 Å². The van der Waals surface area contributed by atoms with Gasteiger partial charge in [0, 0.05) is 18.9 Å². The van der Waals surface area contributed by atoms with Crippen molar-refractivity contribution in [1.82, 2.24) is 10.3 Å². The molecule has 0 spiro atoms. The molecule has 2 aromatic rings. The number of nitrogens with zero attached hydrogens (tertiary/aromatic N) is 1. The molecule has 1 saturated carbocycles. The van der Waals surface area contributed by atoms with Gasteiger partial charge >= 0.3 is 0 Å². The van der Waals surface area contributed by atoms with E-state index in [1.807, 2.05) is 24.3 Å². The first-order valence-electron chi connectivity index (χ1n) is 9.46. The Hall–Kier alpha value is -3.15. The molecule has 6 nitrogen and oxygen atoms in total. The number of ether oxygens (including phenoxy) is 1. The number of hydrogen-bond donors (Lipinski definition) is 2. The van der Waals surface area contributed by atoms with E-state index < -0.39 is 0 Å². The Bertz CT molecular complexity index is 897. The SMILES string of the molecule is COc1ccccc1NC(=O)[C@H]1[C@@H](C(=O)NCc2cccnc2)[C@@H]2C=C[C@H]1C2. The molecule has 0 aliphatic heterocycles. The third kappa shape index (κ3) is 3.50. The van der Waals surface area contributed by atoms with Gasteiger partial charge in [-0.25, -0.2) is 0 Å². The third-order valence-corrected chi connectivity index (χ3v) is 5.62. The summed E-state index contributed by atoms with van der Waals surface area (Å²) in [7, 11) is 1.57. The normalized spacial score (nSPS) is 24.8. The molecule has 1 aromatic carbocycles. The number of anilines is 1. The molecule has 0 radical (unpaired) electrons. The molecule has 28 heavy (non-hydrogen) atoms. The molecular formula is C22H23N3O3. The third-order valence-electron chi connectivity index (χ3n) is 5.62. The highest BCUT2D eigenvalue weighted by Crippen LogP contribution is 2.48. The van der Waals surface area contributed by atoms with Gasteiger partial charge in [0.05, 0.1) is 24.6 Å². The number of aromatic nitrogens is 1. The fraction of sp³-hybridized carbons (Fsp3) is 0.318. The molecule has 144 valence electrons. The summed E-state index contributed by atoms with van der Waals surface area (Å²) in [5, 5.41) is 5.94. The molecule has 6 heteroatoms. The van der Waals surface area contributed by atoms with Gasteiger partial charge < -0.3 is 15.4 Å². The fourth-order valence-electron chi connectivity index (χ4n) is 4.31. The summed E-state index contributed by atoms with van der Waals surface area (Å²) in [5.41, 5.74) is 1.56. The molecule has 4 atom stereocenters. The minimum Gasteiger partial charge on any atom is -0.495 e. The molecule has 1 heterocycles. The highest BCUT2D eigenvalue weighted by Gasteiger charge is 2.51. The predicted molar refractivity (Wildman–Crippen MR) is 105 cm³/mol. The van der Waals surface area contributed by atoms with Crippen molar-refractivity contribution in [3.63, 3.8) is 0 Å². The van der Waals surface area contributed by atoms with Crippen molar-refractivity contribution < 1.29 is 14.3 Å². The average Bonchev–Trinajstić information content (AvgIpc) is 3.35. The van der Waals surface area contributed by atoms with Gasteiger partial charge in [-0.05, 0) is 42.0 Å². The minimum absolute atomic E-state index is 0.0825. The second kappa shape index (κ2) is 7.84. The molecule has 0 unspecified atom stereocenters. The number of carbonyl (C=O) groups is 2. The first kappa shape index (κ1) is 18.2. The average molecular weight is 377 g/mol. The van der Waals surface area contributed by atoms with E-state index in [2.05, 4.69) is 27.8 Å². The van der Waals surface area contributed by atoms with Gasteiger partial charge in [-0.3, -0.25) is 14.6 Å². The van der Waals surface area contributed by atoms with Crippen LogP contribution in [-0.4, -0.2) is 23.9 Å². The second-order valence-corrected chi connectivity index (χ2v) is 7.27. The number of hydrogen-bond acceptors (Lipinski definition) is 4. The van der Waals surface area contributed by atoms with Crippen LogP contribution in [0.1, 0.15) is 12.0 Å².